The van der Waals surface area contributed by atoms with E-state index < -0.39 is 11.6 Å². The fourth-order valence-electron chi connectivity index (χ4n) is 1.63. The van der Waals surface area contributed by atoms with Crippen molar-refractivity contribution in [2.75, 3.05) is 0 Å². The predicted octanol–water partition coefficient (Wildman–Crippen LogP) is 3.67. The lowest BCUT2D eigenvalue weighted by Crippen LogP contribution is -1.97. The lowest BCUT2D eigenvalue weighted by molar-refractivity contribution is 0.506. The first-order chi connectivity index (χ1) is 7.68. The minimum absolute atomic E-state index is 0. The average molecular weight is 236 g/mol. The number of aromatic nitrogens is 1. The van der Waals surface area contributed by atoms with Gasteiger partial charge in [0.05, 0.1) is 0 Å². The van der Waals surface area contributed by atoms with Gasteiger partial charge in [0.1, 0.15) is 0 Å². The van der Waals surface area contributed by atoms with Gasteiger partial charge in [-0.05, 0) is 35.4 Å². The normalized spacial score (nSPS) is 11.7. The zero-order valence-electron chi connectivity index (χ0n) is 9.53. The summed E-state index contributed by atoms with van der Waals surface area (Å²) >= 11 is 0. The molecule has 0 bridgehead atoms. The van der Waals surface area contributed by atoms with Crippen molar-refractivity contribution in [1.29, 1.82) is 0 Å². The molecule has 0 aliphatic carbocycles. The summed E-state index contributed by atoms with van der Waals surface area (Å²) in [6.07, 6.45) is 3.37. The van der Waals surface area contributed by atoms with Crippen LogP contribution in [0, 0.1) is 11.6 Å². The van der Waals surface area contributed by atoms with Gasteiger partial charge in [0, 0.05) is 18.3 Å². The van der Waals surface area contributed by atoms with Crippen LogP contribution in [0.2, 0.25) is 0 Å². The van der Waals surface area contributed by atoms with Crippen molar-refractivity contribution in [3.63, 3.8) is 0 Å². The van der Waals surface area contributed by atoms with Crippen molar-refractivity contribution in [1.82, 2.24) is 11.1 Å². The second-order valence-corrected chi connectivity index (χ2v) is 3.68. The molecule has 0 radical (unpaired) electrons. The Morgan fingerprint density at radius 2 is 1.59 bits per heavy atom. The molecule has 1 aromatic heterocycles. The maximum Gasteiger partial charge on any atom is 0.159 e. The SMILES string of the molecule is CC(c1ccncc1)c1ccc(F)c(F)c1.N. The summed E-state index contributed by atoms with van der Waals surface area (Å²) < 4.78 is 25.8. The zero-order chi connectivity index (χ0) is 11.5. The summed E-state index contributed by atoms with van der Waals surface area (Å²) in [5.41, 5.74) is 1.78. The molecule has 2 aromatic rings. The molecule has 2 nitrogen and oxygen atoms in total. The van der Waals surface area contributed by atoms with Crippen molar-refractivity contribution in [3.05, 3.63) is 65.5 Å². The predicted molar refractivity (Wildman–Crippen MR) is 63.1 cm³/mol. The van der Waals surface area contributed by atoms with Gasteiger partial charge in [-0.3, -0.25) is 4.98 Å². The highest BCUT2D eigenvalue weighted by Crippen LogP contribution is 2.24. The van der Waals surface area contributed by atoms with Crippen LogP contribution < -0.4 is 6.15 Å². The molecule has 1 aromatic carbocycles. The van der Waals surface area contributed by atoms with Crippen LogP contribution in [-0.2, 0) is 0 Å². The van der Waals surface area contributed by atoms with Gasteiger partial charge >= 0.3 is 0 Å². The van der Waals surface area contributed by atoms with Crippen molar-refractivity contribution in [3.8, 4) is 0 Å². The number of pyridine rings is 1. The molecular weight excluding hydrogens is 222 g/mol. The Labute approximate surface area is 98.9 Å². The van der Waals surface area contributed by atoms with E-state index in [4.69, 9.17) is 0 Å². The van der Waals surface area contributed by atoms with Crippen LogP contribution in [0.1, 0.15) is 24.0 Å². The Morgan fingerprint density at radius 3 is 2.18 bits per heavy atom. The largest absolute Gasteiger partial charge is 0.344 e. The summed E-state index contributed by atoms with van der Waals surface area (Å²) in [7, 11) is 0. The number of hydrogen-bond donors (Lipinski definition) is 1. The maximum atomic E-state index is 13.1. The molecule has 0 saturated heterocycles. The first-order valence-corrected chi connectivity index (χ1v) is 5.03. The van der Waals surface area contributed by atoms with Crippen LogP contribution in [0.15, 0.2) is 42.7 Å². The number of nitrogens with zero attached hydrogens (tertiary/aromatic N) is 1. The Morgan fingerprint density at radius 1 is 0.941 bits per heavy atom. The minimum Gasteiger partial charge on any atom is -0.344 e. The van der Waals surface area contributed by atoms with Crippen LogP contribution in [-0.4, -0.2) is 4.98 Å². The van der Waals surface area contributed by atoms with Crippen molar-refractivity contribution in [2.45, 2.75) is 12.8 Å². The summed E-state index contributed by atoms with van der Waals surface area (Å²) in [4.78, 5) is 3.92. The maximum absolute atomic E-state index is 13.1. The van der Waals surface area contributed by atoms with E-state index in [0.29, 0.717) is 0 Å². The van der Waals surface area contributed by atoms with E-state index in [0.717, 1.165) is 17.2 Å². The average Bonchev–Trinajstić information content (AvgIpc) is 2.33. The van der Waals surface area contributed by atoms with E-state index in [9.17, 15) is 8.78 Å². The zero-order valence-corrected chi connectivity index (χ0v) is 9.53. The van der Waals surface area contributed by atoms with Gasteiger partial charge in [-0.15, -0.1) is 0 Å². The topological polar surface area (TPSA) is 47.9 Å². The Kier molecular flexibility index (Phi) is 4.29. The molecule has 17 heavy (non-hydrogen) atoms. The number of hydrogen-bond acceptors (Lipinski definition) is 2. The molecule has 0 spiro atoms. The molecule has 90 valence electrons. The Bertz CT molecular complexity index is 486. The fourth-order valence-corrected chi connectivity index (χ4v) is 1.63. The van der Waals surface area contributed by atoms with E-state index >= 15 is 0 Å². The molecular formula is C13H14F2N2. The minimum atomic E-state index is -0.814. The molecule has 4 heteroatoms. The molecule has 0 saturated carbocycles. The van der Waals surface area contributed by atoms with Crippen molar-refractivity contribution >= 4 is 0 Å². The third-order valence-electron chi connectivity index (χ3n) is 2.65. The van der Waals surface area contributed by atoms with Crippen molar-refractivity contribution in [2.24, 2.45) is 0 Å². The summed E-state index contributed by atoms with van der Waals surface area (Å²) in [5, 5.41) is 0. The molecule has 0 aliphatic rings. The Balaban J connectivity index is 0.00000144. The summed E-state index contributed by atoms with van der Waals surface area (Å²) in [5.74, 6) is -1.60. The first-order valence-electron chi connectivity index (χ1n) is 5.03. The van der Waals surface area contributed by atoms with E-state index in [-0.39, 0.29) is 12.1 Å². The first kappa shape index (κ1) is 13.3. The molecule has 2 rings (SSSR count). The fraction of sp³-hybridized carbons (Fsp3) is 0.154. The van der Waals surface area contributed by atoms with Gasteiger partial charge in [-0.2, -0.15) is 0 Å². The van der Waals surface area contributed by atoms with Gasteiger partial charge in [-0.1, -0.05) is 13.0 Å². The summed E-state index contributed by atoms with van der Waals surface area (Å²) in [6.45, 7) is 1.95. The molecule has 3 N–H and O–H groups in total. The standard InChI is InChI=1S/C13H11F2N.H3N/c1-9(10-4-6-16-7-5-10)11-2-3-12(14)13(15)8-11;/h2-9H,1H3;1H3. The van der Waals surface area contributed by atoms with Crippen molar-refractivity contribution < 1.29 is 8.78 Å². The molecule has 0 aliphatic heterocycles. The third-order valence-corrected chi connectivity index (χ3v) is 2.65. The number of rotatable bonds is 2. The second kappa shape index (κ2) is 5.50. The quantitative estimate of drug-likeness (QED) is 0.864. The molecule has 1 atom stereocenters. The number of benzene rings is 1. The van der Waals surface area contributed by atoms with Crippen LogP contribution in [0.4, 0.5) is 8.78 Å². The van der Waals surface area contributed by atoms with E-state index in [1.54, 1.807) is 18.5 Å². The van der Waals surface area contributed by atoms with Gasteiger partial charge < -0.3 is 6.15 Å². The third kappa shape index (κ3) is 2.85. The van der Waals surface area contributed by atoms with E-state index in [1.807, 2.05) is 19.1 Å². The lowest BCUT2D eigenvalue weighted by atomic mass is 9.94. The highest BCUT2D eigenvalue weighted by atomic mass is 19.2. The smallest absolute Gasteiger partial charge is 0.159 e. The molecule has 0 amide bonds. The molecule has 1 unspecified atom stereocenters. The lowest BCUT2D eigenvalue weighted by Gasteiger charge is -2.12. The van der Waals surface area contributed by atoms with Gasteiger partial charge in [-0.25, -0.2) is 8.78 Å². The number of halogens is 2. The summed E-state index contributed by atoms with van der Waals surface area (Å²) in [6, 6.07) is 7.73. The van der Waals surface area contributed by atoms with Crippen LogP contribution in [0.5, 0.6) is 0 Å². The van der Waals surface area contributed by atoms with Crippen LogP contribution >= 0.6 is 0 Å². The second-order valence-electron chi connectivity index (χ2n) is 3.68. The monoisotopic (exact) mass is 236 g/mol. The Hall–Kier alpha value is -1.81. The van der Waals surface area contributed by atoms with Gasteiger partial charge in [0.2, 0.25) is 0 Å². The molecule has 1 heterocycles. The van der Waals surface area contributed by atoms with Crippen LogP contribution in [0.3, 0.4) is 0 Å². The highest BCUT2D eigenvalue weighted by Gasteiger charge is 2.10. The van der Waals surface area contributed by atoms with E-state index in [1.165, 1.54) is 6.07 Å². The van der Waals surface area contributed by atoms with Gasteiger partial charge in [0.15, 0.2) is 11.6 Å². The highest BCUT2D eigenvalue weighted by molar-refractivity contribution is 5.30. The van der Waals surface area contributed by atoms with Gasteiger partial charge in [0.25, 0.3) is 0 Å². The van der Waals surface area contributed by atoms with Crippen LogP contribution in [0.25, 0.3) is 0 Å². The van der Waals surface area contributed by atoms with E-state index in [2.05, 4.69) is 4.98 Å². The molecule has 0 fully saturated rings.